The summed E-state index contributed by atoms with van der Waals surface area (Å²) in [5.74, 6) is 0.541. The molecule has 2 atom stereocenters. The van der Waals surface area contributed by atoms with Gasteiger partial charge in [-0.3, -0.25) is 9.59 Å². The van der Waals surface area contributed by atoms with Crippen molar-refractivity contribution in [2.45, 2.75) is 39.4 Å². The molecule has 2 heterocycles. The second-order valence-corrected chi connectivity index (χ2v) is 10.3. The van der Waals surface area contributed by atoms with Crippen molar-refractivity contribution in [2.24, 2.45) is 5.92 Å². The molecule has 9 nitrogen and oxygen atoms in total. The SMILES string of the molecule is CNC(=O)C1c2cc(-c3cc(OCc4nnc(C)o4)cc(C(=O)NCC(C)C)c3)ccc2OC1c1ccc(F)cc1. The van der Waals surface area contributed by atoms with Gasteiger partial charge in [0.25, 0.3) is 11.8 Å². The van der Waals surface area contributed by atoms with Gasteiger partial charge in [0, 0.05) is 31.6 Å². The van der Waals surface area contributed by atoms with Crippen LogP contribution in [0.15, 0.2) is 65.1 Å². The highest BCUT2D eigenvalue weighted by atomic mass is 19.1. The summed E-state index contributed by atoms with van der Waals surface area (Å²) in [6, 6.07) is 16.7. The topological polar surface area (TPSA) is 116 Å². The Morgan fingerprint density at radius 1 is 1.02 bits per heavy atom. The third-order valence-corrected chi connectivity index (χ3v) is 6.73. The number of hydrogen-bond donors (Lipinski definition) is 2. The number of amides is 2. The fourth-order valence-electron chi connectivity index (χ4n) is 4.71. The number of likely N-dealkylation sites (N-methyl/N-ethyl adjacent to an activating group) is 1. The van der Waals surface area contributed by atoms with E-state index in [1.807, 2.05) is 32.0 Å². The molecule has 2 N–H and O–H groups in total. The minimum atomic E-state index is -0.658. The molecule has 0 aliphatic carbocycles. The van der Waals surface area contributed by atoms with Gasteiger partial charge in [-0.05, 0) is 65.1 Å². The number of aryl methyl sites for hydroxylation is 1. The molecule has 0 fully saturated rings. The van der Waals surface area contributed by atoms with Crippen LogP contribution >= 0.6 is 0 Å². The van der Waals surface area contributed by atoms with Crippen LogP contribution in [0.4, 0.5) is 4.39 Å². The zero-order valence-corrected chi connectivity index (χ0v) is 23.2. The molecule has 1 aliphatic heterocycles. The predicted molar refractivity (Wildman–Crippen MR) is 149 cm³/mol. The van der Waals surface area contributed by atoms with E-state index in [0.29, 0.717) is 52.1 Å². The van der Waals surface area contributed by atoms with Crippen LogP contribution in [0.2, 0.25) is 0 Å². The van der Waals surface area contributed by atoms with E-state index in [0.717, 1.165) is 5.56 Å². The minimum Gasteiger partial charge on any atom is -0.484 e. The Balaban J connectivity index is 1.51. The van der Waals surface area contributed by atoms with Gasteiger partial charge < -0.3 is 24.5 Å². The van der Waals surface area contributed by atoms with Crippen molar-refractivity contribution in [1.29, 1.82) is 0 Å². The first-order valence-electron chi connectivity index (χ1n) is 13.3. The van der Waals surface area contributed by atoms with Crippen molar-refractivity contribution in [3.8, 4) is 22.6 Å². The number of carbonyl (C=O) groups excluding carboxylic acids is 2. The van der Waals surface area contributed by atoms with Crippen molar-refractivity contribution < 1.29 is 27.9 Å². The third kappa shape index (κ3) is 6.21. The van der Waals surface area contributed by atoms with Gasteiger partial charge in [-0.1, -0.05) is 32.0 Å². The number of ether oxygens (including phenoxy) is 2. The van der Waals surface area contributed by atoms with E-state index in [1.54, 1.807) is 44.3 Å². The molecule has 0 spiro atoms. The largest absolute Gasteiger partial charge is 0.484 e. The number of benzene rings is 3. The smallest absolute Gasteiger partial charge is 0.253 e. The number of fused-ring (bicyclic) bond motifs is 1. The summed E-state index contributed by atoms with van der Waals surface area (Å²) in [5, 5.41) is 13.5. The number of carbonyl (C=O) groups is 2. The second kappa shape index (κ2) is 11.8. The van der Waals surface area contributed by atoms with E-state index in [4.69, 9.17) is 13.9 Å². The molecule has 3 aromatic carbocycles. The molecule has 10 heteroatoms. The summed E-state index contributed by atoms with van der Waals surface area (Å²) in [6.07, 6.45) is -0.620. The first-order valence-corrected chi connectivity index (χ1v) is 13.3. The monoisotopic (exact) mass is 558 g/mol. The maximum absolute atomic E-state index is 13.6. The molecule has 0 radical (unpaired) electrons. The van der Waals surface area contributed by atoms with Crippen molar-refractivity contribution in [1.82, 2.24) is 20.8 Å². The maximum atomic E-state index is 13.6. The van der Waals surface area contributed by atoms with Gasteiger partial charge in [-0.15, -0.1) is 10.2 Å². The first-order chi connectivity index (χ1) is 19.7. The van der Waals surface area contributed by atoms with Crippen molar-refractivity contribution in [2.75, 3.05) is 13.6 Å². The van der Waals surface area contributed by atoms with Crippen molar-refractivity contribution >= 4 is 11.8 Å². The fraction of sp³-hybridized carbons (Fsp3) is 0.290. The second-order valence-electron chi connectivity index (χ2n) is 10.3. The lowest BCUT2D eigenvalue weighted by Gasteiger charge is -2.18. The third-order valence-electron chi connectivity index (χ3n) is 6.73. The summed E-state index contributed by atoms with van der Waals surface area (Å²) in [4.78, 5) is 26.1. The van der Waals surface area contributed by atoms with Gasteiger partial charge in [0.2, 0.25) is 11.8 Å². The van der Waals surface area contributed by atoms with Crippen LogP contribution in [-0.2, 0) is 11.4 Å². The van der Waals surface area contributed by atoms with Crippen LogP contribution in [0.5, 0.6) is 11.5 Å². The molecular weight excluding hydrogens is 527 g/mol. The zero-order chi connectivity index (χ0) is 29.1. The van der Waals surface area contributed by atoms with E-state index in [2.05, 4.69) is 20.8 Å². The number of nitrogens with zero attached hydrogens (tertiary/aromatic N) is 2. The molecule has 1 aliphatic rings. The zero-order valence-electron chi connectivity index (χ0n) is 23.2. The Labute approximate surface area is 237 Å². The summed E-state index contributed by atoms with van der Waals surface area (Å²) < 4.78 is 31.1. The Morgan fingerprint density at radius 3 is 2.49 bits per heavy atom. The van der Waals surface area contributed by atoms with Crippen LogP contribution < -0.4 is 20.1 Å². The standard InChI is InChI=1S/C31H31FN4O5/c1-17(2)15-34-30(37)22-11-21(12-24(13-22)39-16-27-36-35-18(3)40-27)20-7-10-26-25(14-20)28(31(38)33-4)29(41-26)19-5-8-23(32)9-6-19/h5-14,17,28-29H,15-16H2,1-4H3,(H,33,38)(H,34,37). The highest BCUT2D eigenvalue weighted by molar-refractivity contribution is 5.96. The van der Waals surface area contributed by atoms with Gasteiger partial charge in [0.05, 0.1) is 0 Å². The highest BCUT2D eigenvalue weighted by Crippen LogP contribution is 2.47. The Hall–Kier alpha value is -4.73. The van der Waals surface area contributed by atoms with E-state index in [1.165, 1.54) is 12.1 Å². The van der Waals surface area contributed by atoms with Crippen LogP contribution in [-0.4, -0.2) is 35.6 Å². The molecule has 212 valence electrons. The number of halogens is 1. The van der Waals surface area contributed by atoms with Gasteiger partial charge in [0.15, 0.2) is 6.61 Å². The molecular formula is C31H31FN4O5. The molecule has 2 amide bonds. The number of aromatic nitrogens is 2. The molecule has 1 aromatic heterocycles. The number of nitrogens with one attached hydrogen (secondary N) is 2. The van der Waals surface area contributed by atoms with E-state index in [9.17, 15) is 14.0 Å². The van der Waals surface area contributed by atoms with Crippen LogP contribution in [0.1, 0.15) is 59.1 Å². The average Bonchev–Trinajstić information content (AvgIpc) is 3.57. The van der Waals surface area contributed by atoms with E-state index >= 15 is 0 Å². The maximum Gasteiger partial charge on any atom is 0.253 e. The molecule has 4 aromatic rings. The van der Waals surface area contributed by atoms with E-state index in [-0.39, 0.29) is 30.2 Å². The van der Waals surface area contributed by atoms with Gasteiger partial charge >= 0.3 is 0 Å². The normalized spacial score (nSPS) is 15.8. The predicted octanol–water partition coefficient (Wildman–Crippen LogP) is 5.11. The van der Waals surface area contributed by atoms with Crippen molar-refractivity contribution in [3.05, 3.63) is 95.0 Å². The lowest BCUT2D eigenvalue weighted by Crippen LogP contribution is -2.28. The summed E-state index contributed by atoms with van der Waals surface area (Å²) in [5.41, 5.74) is 3.27. The fourth-order valence-corrected chi connectivity index (χ4v) is 4.71. The summed E-state index contributed by atoms with van der Waals surface area (Å²) in [7, 11) is 1.57. The molecule has 0 saturated carbocycles. The minimum absolute atomic E-state index is 0.0352. The highest BCUT2D eigenvalue weighted by Gasteiger charge is 2.40. The van der Waals surface area contributed by atoms with E-state index < -0.39 is 12.0 Å². The molecule has 5 rings (SSSR count). The van der Waals surface area contributed by atoms with Crippen LogP contribution in [0, 0.1) is 18.7 Å². The van der Waals surface area contributed by atoms with Crippen LogP contribution in [0.3, 0.4) is 0 Å². The summed E-state index contributed by atoms with van der Waals surface area (Å²) >= 11 is 0. The summed E-state index contributed by atoms with van der Waals surface area (Å²) in [6.45, 7) is 6.29. The average molecular weight is 559 g/mol. The lowest BCUT2D eigenvalue weighted by atomic mass is 9.88. The molecule has 0 bridgehead atoms. The van der Waals surface area contributed by atoms with Crippen LogP contribution in [0.25, 0.3) is 11.1 Å². The van der Waals surface area contributed by atoms with Crippen molar-refractivity contribution in [3.63, 3.8) is 0 Å². The quantitative estimate of drug-likeness (QED) is 0.293. The number of rotatable bonds is 9. The van der Waals surface area contributed by atoms with Gasteiger partial charge in [-0.2, -0.15) is 0 Å². The Kier molecular flexibility index (Phi) is 8.00. The molecule has 0 saturated heterocycles. The first kappa shape index (κ1) is 27.8. The van der Waals surface area contributed by atoms with Gasteiger partial charge in [-0.25, -0.2) is 4.39 Å². The Morgan fingerprint density at radius 2 is 1.80 bits per heavy atom. The number of hydrogen-bond acceptors (Lipinski definition) is 7. The Bertz CT molecular complexity index is 1570. The lowest BCUT2D eigenvalue weighted by molar-refractivity contribution is -0.123. The molecule has 41 heavy (non-hydrogen) atoms. The van der Waals surface area contributed by atoms with Gasteiger partial charge in [0.1, 0.15) is 29.3 Å². The molecule has 2 unspecified atom stereocenters.